The van der Waals surface area contributed by atoms with Crippen molar-refractivity contribution in [2.45, 2.75) is 36.9 Å². The molecule has 1 fully saturated rings. The summed E-state index contributed by atoms with van der Waals surface area (Å²) in [6, 6.07) is 11.2. The van der Waals surface area contributed by atoms with Crippen LogP contribution in [0.15, 0.2) is 52.4 Å². The standard InChI is InChI=1S/C25H28ClF3N6O3S2.2H2/c1-16(35-10-2-3-17-15-18(26)4-9-21(17)35)22(36)34-13-11-33(12-14-34)19-5-7-20(8-6-19)40(37,38)32-24(39)31-23(30)25(27,28)29;;/h4-9,15-16H,2-3,10-14H2,1H3,(H3,30,31,32,39);2*1H/t16-;;/m1../s1. The quantitative estimate of drug-likeness (QED) is 0.297. The fourth-order valence-corrected chi connectivity index (χ4v) is 6.30. The summed E-state index contributed by atoms with van der Waals surface area (Å²) in [6.45, 7) is 4.80. The van der Waals surface area contributed by atoms with E-state index in [-0.39, 0.29) is 19.7 Å². The van der Waals surface area contributed by atoms with Gasteiger partial charge in [-0.2, -0.15) is 18.2 Å². The number of nitrogens with zero attached hydrogens (tertiary/aromatic N) is 4. The van der Waals surface area contributed by atoms with Crippen LogP contribution in [0.5, 0.6) is 0 Å². The zero-order chi connectivity index (χ0) is 29.2. The highest BCUT2D eigenvalue weighted by atomic mass is 35.5. The van der Waals surface area contributed by atoms with E-state index in [1.165, 1.54) is 12.1 Å². The Morgan fingerprint density at radius 2 is 1.77 bits per heavy atom. The minimum absolute atomic E-state index is 0. The number of benzene rings is 2. The first-order valence-electron chi connectivity index (χ1n) is 12.4. The average molecular weight is 621 g/mol. The number of aliphatic imine (C=N–C) groups is 1. The number of amides is 1. The van der Waals surface area contributed by atoms with E-state index in [4.69, 9.17) is 17.3 Å². The van der Waals surface area contributed by atoms with Gasteiger partial charge in [-0.15, -0.1) is 0 Å². The molecule has 1 amide bonds. The summed E-state index contributed by atoms with van der Waals surface area (Å²) in [6.07, 6.45) is -3.06. The molecule has 1 atom stereocenters. The number of hydrogen-bond donors (Lipinski definition) is 2. The first-order valence-corrected chi connectivity index (χ1v) is 14.7. The van der Waals surface area contributed by atoms with Crippen LogP contribution in [0.2, 0.25) is 5.02 Å². The van der Waals surface area contributed by atoms with Gasteiger partial charge < -0.3 is 20.4 Å². The predicted octanol–water partition coefficient (Wildman–Crippen LogP) is 3.80. The minimum atomic E-state index is -4.93. The molecule has 2 aromatic carbocycles. The van der Waals surface area contributed by atoms with Gasteiger partial charge in [0.2, 0.25) is 16.9 Å². The Bertz CT molecular complexity index is 1420. The maximum absolute atomic E-state index is 13.4. The van der Waals surface area contributed by atoms with Crippen LogP contribution in [0.1, 0.15) is 21.8 Å². The number of piperazine rings is 1. The number of halogens is 4. The van der Waals surface area contributed by atoms with E-state index in [0.29, 0.717) is 31.2 Å². The van der Waals surface area contributed by atoms with Gasteiger partial charge in [-0.3, -0.25) is 9.52 Å². The Morgan fingerprint density at radius 1 is 1.12 bits per heavy atom. The maximum Gasteiger partial charge on any atom is 0.449 e. The Labute approximate surface area is 243 Å². The van der Waals surface area contributed by atoms with Gasteiger partial charge in [0.25, 0.3) is 10.0 Å². The van der Waals surface area contributed by atoms with Crippen LogP contribution < -0.4 is 20.3 Å². The second-order valence-electron chi connectivity index (χ2n) is 9.46. The number of rotatable bonds is 5. The van der Waals surface area contributed by atoms with Crippen molar-refractivity contribution in [3.05, 3.63) is 53.1 Å². The van der Waals surface area contributed by atoms with Crippen LogP contribution in [0.25, 0.3) is 0 Å². The molecule has 0 unspecified atom stereocenters. The van der Waals surface area contributed by atoms with Crippen molar-refractivity contribution in [3.63, 3.8) is 0 Å². The van der Waals surface area contributed by atoms with Crippen LogP contribution in [-0.2, 0) is 21.2 Å². The molecular weight excluding hydrogens is 589 g/mol. The lowest BCUT2D eigenvalue weighted by Crippen LogP contribution is -2.55. The number of hydrogen-bond acceptors (Lipinski definition) is 6. The SMILES string of the molecule is C[C@H](C(=O)N1CCN(c2ccc(S(=O)(=O)NC(=S)N=C(N)C(F)(F)F)cc2)CC1)N1CCCc2cc(Cl)ccc21.[HH].[HH]. The van der Waals surface area contributed by atoms with Crippen LogP contribution >= 0.6 is 23.8 Å². The largest absolute Gasteiger partial charge is 0.449 e. The third kappa shape index (κ3) is 6.78. The number of anilines is 2. The number of amidine groups is 1. The molecule has 3 N–H and O–H groups in total. The highest BCUT2D eigenvalue weighted by Crippen LogP contribution is 2.31. The van der Waals surface area contributed by atoms with Crippen molar-refractivity contribution < 1.29 is 29.2 Å². The Morgan fingerprint density at radius 3 is 2.40 bits per heavy atom. The Kier molecular flexibility index (Phi) is 8.80. The van der Waals surface area contributed by atoms with Crippen LogP contribution in [0.4, 0.5) is 24.5 Å². The predicted molar refractivity (Wildman–Crippen MR) is 157 cm³/mol. The summed E-state index contributed by atoms with van der Waals surface area (Å²) >= 11 is 10.7. The van der Waals surface area contributed by atoms with E-state index in [0.717, 1.165) is 36.3 Å². The zero-order valence-corrected chi connectivity index (χ0v) is 23.9. The van der Waals surface area contributed by atoms with Crippen LogP contribution in [0.3, 0.4) is 0 Å². The summed E-state index contributed by atoms with van der Waals surface area (Å²) in [5.74, 6) is -1.71. The van der Waals surface area contributed by atoms with Gasteiger partial charge in [-0.1, -0.05) is 11.6 Å². The molecule has 2 aliphatic rings. The van der Waals surface area contributed by atoms with Gasteiger partial charge in [0.15, 0.2) is 0 Å². The van der Waals surface area contributed by atoms with Crippen LogP contribution in [0, 0.1) is 0 Å². The van der Waals surface area contributed by atoms with E-state index < -0.39 is 27.1 Å². The topological polar surface area (TPSA) is 111 Å². The minimum Gasteiger partial charge on any atom is -0.380 e. The third-order valence-corrected chi connectivity index (χ3v) is 8.77. The molecule has 0 radical (unpaired) electrons. The molecule has 0 spiro atoms. The second-order valence-corrected chi connectivity index (χ2v) is 12.0. The molecule has 0 saturated carbocycles. The lowest BCUT2D eigenvalue weighted by atomic mass is 10.00. The number of carbonyl (C=O) groups is 1. The summed E-state index contributed by atoms with van der Waals surface area (Å²) < 4.78 is 64.4. The number of aryl methyl sites for hydroxylation is 1. The second kappa shape index (κ2) is 11.8. The number of nitrogens with two attached hydrogens (primary N) is 1. The fourth-order valence-electron chi connectivity index (χ4n) is 4.79. The smallest absolute Gasteiger partial charge is 0.380 e. The molecule has 2 aromatic rings. The van der Waals surface area contributed by atoms with Gasteiger partial charge in [-0.05, 0) is 80.0 Å². The van der Waals surface area contributed by atoms with E-state index in [1.807, 2.05) is 39.6 Å². The molecule has 15 heteroatoms. The molecule has 0 bridgehead atoms. The van der Waals surface area contributed by atoms with Crippen molar-refractivity contribution in [1.29, 1.82) is 0 Å². The number of sulfonamides is 1. The first kappa shape index (κ1) is 29.9. The van der Waals surface area contributed by atoms with Crippen molar-refractivity contribution in [2.75, 3.05) is 42.5 Å². The maximum atomic E-state index is 13.4. The van der Waals surface area contributed by atoms with Gasteiger partial charge in [0.05, 0.1) is 4.90 Å². The van der Waals surface area contributed by atoms with Gasteiger partial charge >= 0.3 is 6.18 Å². The lowest BCUT2D eigenvalue weighted by Gasteiger charge is -2.41. The van der Waals surface area contributed by atoms with Gasteiger partial charge in [0.1, 0.15) is 6.04 Å². The number of thiocarbonyl (C=S) groups is 1. The van der Waals surface area contributed by atoms with E-state index >= 15 is 0 Å². The number of nitrogens with one attached hydrogen (secondary N) is 1. The van der Waals surface area contributed by atoms with Crippen LogP contribution in [-0.4, -0.2) is 75.1 Å². The Balaban J connectivity index is 0.00000308. The third-order valence-electron chi connectivity index (χ3n) is 6.86. The average Bonchev–Trinajstić information content (AvgIpc) is 2.91. The van der Waals surface area contributed by atoms with E-state index in [2.05, 4.69) is 22.1 Å². The van der Waals surface area contributed by atoms with Gasteiger partial charge in [-0.25, -0.2) is 8.42 Å². The normalized spacial score (nSPS) is 17.3. The summed E-state index contributed by atoms with van der Waals surface area (Å²) in [7, 11) is -4.27. The molecule has 0 aliphatic carbocycles. The van der Waals surface area contributed by atoms with Gasteiger partial charge in [0, 0.05) is 52.0 Å². The number of fused-ring (bicyclic) bond motifs is 1. The molecule has 1 saturated heterocycles. The zero-order valence-electron chi connectivity index (χ0n) is 21.5. The van der Waals surface area contributed by atoms with E-state index in [1.54, 1.807) is 12.1 Å². The molecule has 2 heterocycles. The number of alkyl halides is 3. The summed E-state index contributed by atoms with van der Waals surface area (Å²) in [5.41, 5.74) is 7.70. The molecule has 0 aromatic heterocycles. The van der Waals surface area contributed by atoms with Crippen molar-refractivity contribution in [2.24, 2.45) is 10.7 Å². The monoisotopic (exact) mass is 620 g/mol. The molecule has 9 nitrogen and oxygen atoms in total. The van der Waals surface area contributed by atoms with Crippen molar-refractivity contribution in [3.8, 4) is 0 Å². The first-order chi connectivity index (χ1) is 18.8. The number of carbonyl (C=O) groups excluding carboxylic acids is 1. The fraction of sp³-hybridized carbons (Fsp3) is 0.400. The van der Waals surface area contributed by atoms with Crippen molar-refractivity contribution >= 4 is 62.1 Å². The summed E-state index contributed by atoms with van der Waals surface area (Å²) in [4.78, 5) is 22.0. The summed E-state index contributed by atoms with van der Waals surface area (Å²) in [5, 5.41) is -0.243. The Hall–Kier alpha value is -3.10. The highest BCUT2D eigenvalue weighted by molar-refractivity contribution is 7.91. The van der Waals surface area contributed by atoms with Crippen molar-refractivity contribution in [1.82, 2.24) is 9.62 Å². The van der Waals surface area contributed by atoms with E-state index in [9.17, 15) is 26.4 Å². The molecule has 2 aliphatic heterocycles. The molecule has 40 heavy (non-hydrogen) atoms. The molecule has 4 rings (SSSR count). The molecular formula is C25H32ClF3N6O3S2. The lowest BCUT2D eigenvalue weighted by molar-refractivity contribution is -0.132. The highest BCUT2D eigenvalue weighted by Gasteiger charge is 2.34. The molecule has 220 valence electrons.